The van der Waals surface area contributed by atoms with Crippen molar-refractivity contribution in [1.29, 1.82) is 0 Å². The zero-order valence-electron chi connectivity index (χ0n) is 13.0. The van der Waals surface area contributed by atoms with E-state index < -0.39 is 4.92 Å². The maximum atomic E-state index is 11.4. The molecule has 1 aromatic carbocycles. The summed E-state index contributed by atoms with van der Waals surface area (Å²) in [6, 6.07) is 2.77. The van der Waals surface area contributed by atoms with Crippen molar-refractivity contribution in [2.75, 3.05) is 26.8 Å². The van der Waals surface area contributed by atoms with Gasteiger partial charge in [-0.2, -0.15) is 0 Å². The van der Waals surface area contributed by atoms with Crippen molar-refractivity contribution in [2.45, 2.75) is 19.4 Å². The van der Waals surface area contributed by atoms with E-state index in [1.807, 2.05) is 0 Å². The molecule has 0 aromatic heterocycles. The van der Waals surface area contributed by atoms with Crippen molar-refractivity contribution in [3.05, 3.63) is 27.8 Å². The van der Waals surface area contributed by atoms with Crippen LogP contribution in [-0.4, -0.2) is 37.6 Å². The molecule has 9 nitrogen and oxygen atoms in total. The van der Waals surface area contributed by atoms with Crippen LogP contribution >= 0.6 is 0 Å². The average molecular weight is 326 g/mol. The largest absolute Gasteiger partial charge is 0.493 e. The van der Waals surface area contributed by atoms with Gasteiger partial charge in [0.1, 0.15) is 0 Å². The first kappa shape index (κ1) is 18.7. The number of nitro groups is 1. The van der Waals surface area contributed by atoms with Crippen LogP contribution in [0.5, 0.6) is 11.5 Å². The molecule has 0 aliphatic rings. The molecule has 1 aromatic rings. The van der Waals surface area contributed by atoms with E-state index in [4.69, 9.17) is 20.9 Å². The molecule has 0 bridgehead atoms. The molecule has 0 atom stereocenters. The zero-order chi connectivity index (χ0) is 17.2. The Hall–Kier alpha value is -2.39. The summed E-state index contributed by atoms with van der Waals surface area (Å²) in [6.45, 7) is 1.07. The number of ether oxygens (including phenoxy) is 2. The topological polar surface area (TPSA) is 143 Å². The minimum atomic E-state index is -0.519. The van der Waals surface area contributed by atoms with E-state index >= 15 is 0 Å². The number of nitrogens with one attached hydrogen (secondary N) is 1. The fourth-order valence-corrected chi connectivity index (χ4v) is 1.91. The van der Waals surface area contributed by atoms with Crippen molar-refractivity contribution in [1.82, 2.24) is 5.32 Å². The second-order valence-electron chi connectivity index (χ2n) is 4.68. The van der Waals surface area contributed by atoms with E-state index in [9.17, 15) is 14.9 Å². The highest BCUT2D eigenvalue weighted by Crippen LogP contribution is 2.34. The summed E-state index contributed by atoms with van der Waals surface area (Å²) in [5, 5.41) is 13.7. The molecule has 0 heterocycles. The Balaban J connectivity index is 2.67. The first-order valence-corrected chi connectivity index (χ1v) is 7.18. The third-order valence-electron chi connectivity index (χ3n) is 3.05. The minimum absolute atomic E-state index is 0.0221. The Kier molecular flexibility index (Phi) is 7.78. The van der Waals surface area contributed by atoms with Crippen LogP contribution in [0.2, 0.25) is 0 Å². The van der Waals surface area contributed by atoms with Crippen LogP contribution < -0.4 is 26.3 Å². The molecule has 1 amide bonds. The molecule has 1 rings (SSSR count). The van der Waals surface area contributed by atoms with Crippen LogP contribution in [0.3, 0.4) is 0 Å². The van der Waals surface area contributed by atoms with Gasteiger partial charge in [-0.15, -0.1) is 0 Å². The molecule has 0 aliphatic heterocycles. The molecule has 0 spiro atoms. The Morgan fingerprint density at radius 2 is 2.09 bits per heavy atom. The molecule has 23 heavy (non-hydrogen) atoms. The number of hydrogen-bond acceptors (Lipinski definition) is 7. The number of hydrogen-bond donors (Lipinski definition) is 3. The van der Waals surface area contributed by atoms with E-state index in [2.05, 4.69) is 5.32 Å². The third kappa shape index (κ3) is 5.72. The van der Waals surface area contributed by atoms with E-state index in [-0.39, 0.29) is 36.9 Å². The van der Waals surface area contributed by atoms with Gasteiger partial charge in [0.15, 0.2) is 11.5 Å². The van der Waals surface area contributed by atoms with E-state index in [1.165, 1.54) is 19.2 Å². The second-order valence-corrected chi connectivity index (χ2v) is 4.68. The third-order valence-corrected chi connectivity index (χ3v) is 3.05. The Morgan fingerprint density at radius 1 is 1.35 bits per heavy atom. The van der Waals surface area contributed by atoms with E-state index in [1.54, 1.807) is 0 Å². The van der Waals surface area contributed by atoms with Gasteiger partial charge >= 0.3 is 0 Å². The SMILES string of the molecule is COc1cc(CN)c([N+](=O)[O-])cc1OCCCC(=O)NCCN. The van der Waals surface area contributed by atoms with Crippen molar-refractivity contribution in [3.63, 3.8) is 0 Å². The number of carbonyl (C=O) groups is 1. The lowest BCUT2D eigenvalue weighted by atomic mass is 10.1. The maximum absolute atomic E-state index is 11.4. The summed E-state index contributed by atoms with van der Waals surface area (Å²) in [4.78, 5) is 21.9. The average Bonchev–Trinajstić information content (AvgIpc) is 2.55. The fraction of sp³-hybridized carbons (Fsp3) is 0.500. The minimum Gasteiger partial charge on any atom is -0.493 e. The molecule has 9 heteroatoms. The van der Waals surface area contributed by atoms with Gasteiger partial charge < -0.3 is 26.3 Å². The number of nitrogens with zero attached hydrogens (tertiary/aromatic N) is 1. The predicted octanol–water partition coefficient (Wildman–Crippen LogP) is 0.296. The van der Waals surface area contributed by atoms with E-state index in [0.717, 1.165) is 0 Å². The highest BCUT2D eigenvalue weighted by Gasteiger charge is 2.18. The summed E-state index contributed by atoms with van der Waals surface area (Å²) in [6.07, 6.45) is 0.747. The quantitative estimate of drug-likeness (QED) is 0.318. The lowest BCUT2D eigenvalue weighted by Crippen LogP contribution is -2.29. The Morgan fingerprint density at radius 3 is 2.65 bits per heavy atom. The van der Waals surface area contributed by atoms with Crippen molar-refractivity contribution in [2.24, 2.45) is 11.5 Å². The van der Waals surface area contributed by atoms with Gasteiger partial charge in [0.2, 0.25) is 5.91 Å². The molecule has 0 unspecified atom stereocenters. The molecule has 0 radical (unpaired) electrons. The molecule has 5 N–H and O–H groups in total. The summed E-state index contributed by atoms with van der Waals surface area (Å²) >= 11 is 0. The van der Waals surface area contributed by atoms with Crippen LogP contribution in [-0.2, 0) is 11.3 Å². The summed E-state index contributed by atoms with van der Waals surface area (Å²) < 4.78 is 10.7. The van der Waals surface area contributed by atoms with Crippen LogP contribution in [0.1, 0.15) is 18.4 Å². The first-order chi connectivity index (χ1) is 11.0. The smallest absolute Gasteiger partial charge is 0.277 e. The molecule has 128 valence electrons. The van der Waals surface area contributed by atoms with Crippen LogP contribution in [0.4, 0.5) is 5.69 Å². The lowest BCUT2D eigenvalue weighted by Gasteiger charge is -2.12. The van der Waals surface area contributed by atoms with Crippen LogP contribution in [0.15, 0.2) is 12.1 Å². The van der Waals surface area contributed by atoms with Gasteiger partial charge in [-0.05, 0) is 12.5 Å². The summed E-state index contributed by atoms with van der Waals surface area (Å²) in [5.41, 5.74) is 11.0. The highest BCUT2D eigenvalue weighted by atomic mass is 16.6. The number of benzene rings is 1. The van der Waals surface area contributed by atoms with Gasteiger partial charge in [-0.1, -0.05) is 0 Å². The summed E-state index contributed by atoms with van der Waals surface area (Å²) in [5.74, 6) is 0.498. The van der Waals surface area contributed by atoms with Gasteiger partial charge in [0.05, 0.1) is 24.7 Å². The molecular weight excluding hydrogens is 304 g/mol. The molecule has 0 saturated carbocycles. The monoisotopic (exact) mass is 326 g/mol. The fourth-order valence-electron chi connectivity index (χ4n) is 1.91. The summed E-state index contributed by atoms with van der Waals surface area (Å²) in [7, 11) is 1.44. The normalized spacial score (nSPS) is 10.2. The van der Waals surface area contributed by atoms with Crippen molar-refractivity contribution in [3.8, 4) is 11.5 Å². The van der Waals surface area contributed by atoms with Gasteiger partial charge in [0, 0.05) is 31.6 Å². The van der Waals surface area contributed by atoms with E-state index in [0.29, 0.717) is 30.8 Å². The van der Waals surface area contributed by atoms with Gasteiger partial charge in [-0.25, -0.2) is 0 Å². The number of methoxy groups -OCH3 is 1. The molecular formula is C14H22N4O5. The number of amides is 1. The Bertz CT molecular complexity index is 550. The van der Waals surface area contributed by atoms with Gasteiger partial charge in [-0.3, -0.25) is 14.9 Å². The molecule has 0 saturated heterocycles. The maximum Gasteiger partial charge on any atom is 0.277 e. The lowest BCUT2D eigenvalue weighted by molar-refractivity contribution is -0.385. The Labute approximate surface area is 134 Å². The van der Waals surface area contributed by atoms with Crippen molar-refractivity contribution < 1.29 is 19.2 Å². The van der Waals surface area contributed by atoms with Gasteiger partial charge in [0.25, 0.3) is 5.69 Å². The highest BCUT2D eigenvalue weighted by molar-refractivity contribution is 5.75. The molecule has 0 fully saturated rings. The standard InChI is InChI=1S/C14H22N4O5/c1-22-12-7-10(9-16)11(18(20)21)8-13(12)23-6-2-3-14(19)17-5-4-15/h7-8H,2-6,9,15-16H2,1H3,(H,17,19). The second kappa shape index (κ2) is 9.59. The van der Waals surface area contributed by atoms with Crippen molar-refractivity contribution >= 4 is 11.6 Å². The first-order valence-electron chi connectivity index (χ1n) is 7.18. The molecule has 0 aliphatic carbocycles. The zero-order valence-corrected chi connectivity index (χ0v) is 13.0. The number of nitrogens with two attached hydrogens (primary N) is 2. The predicted molar refractivity (Wildman–Crippen MR) is 84.3 cm³/mol. The number of carbonyl (C=O) groups excluding carboxylic acids is 1. The number of rotatable bonds is 10. The van der Waals surface area contributed by atoms with Crippen LogP contribution in [0.25, 0.3) is 0 Å². The number of nitro benzene ring substituents is 1. The van der Waals surface area contributed by atoms with Crippen LogP contribution in [0, 0.1) is 10.1 Å².